The van der Waals surface area contributed by atoms with Crippen molar-refractivity contribution in [3.8, 4) is 0 Å². The normalized spacial score (nSPS) is 16.7. The number of thiophene rings is 1. The predicted molar refractivity (Wildman–Crippen MR) is 251 cm³/mol. The molecular weight excluding hydrogens is 707 g/mol. The predicted octanol–water partition coefficient (Wildman–Crippen LogP) is 13.4. The Morgan fingerprint density at radius 3 is 1.84 bits per heavy atom. The minimum atomic E-state index is 0.0328. The Balaban J connectivity index is 1.34. The third-order valence-electron chi connectivity index (χ3n) is 13.6. The molecule has 0 saturated heterocycles. The Morgan fingerprint density at radius 1 is 0.579 bits per heavy atom. The highest BCUT2D eigenvalue weighted by Crippen LogP contribution is 2.52. The lowest BCUT2D eigenvalue weighted by atomic mass is 9.35. The van der Waals surface area contributed by atoms with Crippen LogP contribution in [0.2, 0.25) is 0 Å². The second-order valence-electron chi connectivity index (χ2n) is 20.6. The van der Waals surface area contributed by atoms with E-state index in [2.05, 4.69) is 195 Å². The van der Waals surface area contributed by atoms with Crippen molar-refractivity contribution in [2.75, 3.05) is 9.80 Å². The molecule has 2 nitrogen and oxygen atoms in total. The average molecular weight is 763 g/mol. The van der Waals surface area contributed by atoms with Crippen molar-refractivity contribution in [3.63, 3.8) is 0 Å². The molecule has 0 saturated carbocycles. The SMILES string of the molecule is Cc1cc2c3c(c1)N(c1ccc4ccccc4c1)c1c(sc4ccc(C(C)(C)C)cc14)B3c1cc3c(cc1N2c1ccc(C(C)(C)C)cc1)C(C)(C)CCC3(C)C. The Kier molecular flexibility index (Phi) is 7.77. The topological polar surface area (TPSA) is 6.48 Å². The van der Waals surface area contributed by atoms with Crippen LogP contribution in [0, 0.1) is 6.92 Å². The molecule has 57 heavy (non-hydrogen) atoms. The molecule has 286 valence electrons. The summed E-state index contributed by atoms with van der Waals surface area (Å²) in [4.78, 5) is 5.25. The molecule has 4 heteroatoms. The molecule has 3 aliphatic rings. The lowest BCUT2D eigenvalue weighted by molar-refractivity contribution is 0.332. The van der Waals surface area contributed by atoms with Gasteiger partial charge in [-0.05, 0) is 146 Å². The Hall–Kier alpha value is -4.80. The van der Waals surface area contributed by atoms with E-state index in [0.29, 0.717) is 0 Å². The number of fused-ring (bicyclic) bond motifs is 8. The van der Waals surface area contributed by atoms with E-state index in [4.69, 9.17) is 0 Å². The molecule has 6 aromatic carbocycles. The molecule has 0 N–H and O–H groups in total. The summed E-state index contributed by atoms with van der Waals surface area (Å²) in [6.07, 6.45) is 2.38. The van der Waals surface area contributed by atoms with Crippen LogP contribution in [-0.2, 0) is 21.7 Å². The van der Waals surface area contributed by atoms with Gasteiger partial charge in [-0.1, -0.05) is 124 Å². The largest absolute Gasteiger partial charge is 0.311 e. The molecule has 2 aliphatic heterocycles. The quantitative estimate of drug-likeness (QED) is 0.162. The lowest BCUT2D eigenvalue weighted by Gasteiger charge is -2.47. The lowest BCUT2D eigenvalue weighted by Crippen LogP contribution is -2.61. The van der Waals surface area contributed by atoms with Crippen LogP contribution < -0.4 is 25.5 Å². The van der Waals surface area contributed by atoms with Crippen LogP contribution in [0.3, 0.4) is 0 Å². The molecular formula is C53H55BN2S. The van der Waals surface area contributed by atoms with Crippen molar-refractivity contribution in [2.24, 2.45) is 0 Å². The van der Waals surface area contributed by atoms with E-state index in [1.807, 2.05) is 11.3 Å². The van der Waals surface area contributed by atoms with E-state index in [9.17, 15) is 0 Å². The van der Waals surface area contributed by atoms with Gasteiger partial charge in [0.15, 0.2) is 0 Å². The Morgan fingerprint density at radius 2 is 1.18 bits per heavy atom. The maximum atomic E-state index is 2.67. The van der Waals surface area contributed by atoms with E-state index in [1.165, 1.54) is 111 Å². The van der Waals surface area contributed by atoms with Gasteiger partial charge in [0.05, 0.1) is 5.69 Å². The Labute approximate surface area is 344 Å². The standard InChI is InChI=1S/C53H55BN2S/c1-32-26-44-47-45(27-32)56(38-20-16-33-14-12-13-15-34(33)28-38)48-39-29-36(51(5,6)7)19-23-46(39)57-49(48)54(47)42-30-40-41(53(10,11)25-24-52(40,8)9)31-43(42)55(44)37-21-17-35(18-22-37)50(2,3)4/h12-23,26-31H,24-25H2,1-11H3. The van der Waals surface area contributed by atoms with Crippen LogP contribution in [0.1, 0.15) is 110 Å². The maximum Gasteiger partial charge on any atom is 0.264 e. The number of rotatable bonds is 2. The first-order valence-electron chi connectivity index (χ1n) is 21.0. The van der Waals surface area contributed by atoms with Crippen LogP contribution in [0.25, 0.3) is 20.9 Å². The van der Waals surface area contributed by atoms with Gasteiger partial charge < -0.3 is 9.80 Å². The number of benzene rings is 6. The average Bonchev–Trinajstić information content (AvgIpc) is 3.54. The van der Waals surface area contributed by atoms with Gasteiger partial charge in [0, 0.05) is 43.3 Å². The van der Waals surface area contributed by atoms with Gasteiger partial charge in [-0.3, -0.25) is 0 Å². The minimum Gasteiger partial charge on any atom is -0.311 e. The summed E-state index contributed by atoms with van der Waals surface area (Å²) in [5.41, 5.74) is 17.8. The molecule has 0 spiro atoms. The summed E-state index contributed by atoms with van der Waals surface area (Å²) in [6.45, 7) is 26.2. The zero-order valence-corrected chi connectivity index (χ0v) is 36.5. The first kappa shape index (κ1) is 36.5. The zero-order valence-electron chi connectivity index (χ0n) is 35.7. The molecule has 0 radical (unpaired) electrons. The van der Waals surface area contributed by atoms with Gasteiger partial charge in [-0.25, -0.2) is 0 Å². The van der Waals surface area contributed by atoms with Gasteiger partial charge in [-0.2, -0.15) is 0 Å². The van der Waals surface area contributed by atoms with E-state index >= 15 is 0 Å². The fourth-order valence-corrected chi connectivity index (χ4v) is 11.4. The van der Waals surface area contributed by atoms with Crippen LogP contribution >= 0.6 is 11.3 Å². The molecule has 0 fully saturated rings. The van der Waals surface area contributed by atoms with Crippen LogP contribution in [0.5, 0.6) is 0 Å². The highest BCUT2D eigenvalue weighted by molar-refractivity contribution is 7.33. The number of hydrogen-bond donors (Lipinski definition) is 0. The van der Waals surface area contributed by atoms with Crippen molar-refractivity contribution < 1.29 is 0 Å². The molecule has 0 bridgehead atoms. The second-order valence-corrected chi connectivity index (χ2v) is 21.7. The molecule has 0 amide bonds. The monoisotopic (exact) mass is 762 g/mol. The zero-order chi connectivity index (χ0) is 40.0. The van der Waals surface area contributed by atoms with E-state index in [-0.39, 0.29) is 28.4 Å². The van der Waals surface area contributed by atoms with Gasteiger partial charge in [-0.15, -0.1) is 11.3 Å². The van der Waals surface area contributed by atoms with Crippen molar-refractivity contribution >= 4 is 88.7 Å². The summed E-state index contributed by atoms with van der Waals surface area (Å²) in [7, 11) is 0. The summed E-state index contributed by atoms with van der Waals surface area (Å²) < 4.78 is 2.80. The summed E-state index contributed by atoms with van der Waals surface area (Å²) >= 11 is 2.01. The van der Waals surface area contributed by atoms with E-state index < -0.39 is 0 Å². The number of aryl methyl sites for hydroxylation is 1. The van der Waals surface area contributed by atoms with Crippen molar-refractivity contribution in [2.45, 2.75) is 111 Å². The fourth-order valence-electron chi connectivity index (χ4n) is 10.1. The van der Waals surface area contributed by atoms with E-state index in [0.717, 1.165) is 0 Å². The van der Waals surface area contributed by atoms with Crippen molar-refractivity contribution in [3.05, 3.63) is 137 Å². The van der Waals surface area contributed by atoms with Crippen molar-refractivity contribution in [1.29, 1.82) is 0 Å². The third kappa shape index (κ3) is 5.57. The second kappa shape index (κ2) is 12.1. The highest BCUT2D eigenvalue weighted by atomic mass is 32.1. The summed E-state index contributed by atoms with van der Waals surface area (Å²) in [5, 5.41) is 3.88. The molecule has 0 atom stereocenters. The van der Waals surface area contributed by atoms with Crippen LogP contribution in [0.15, 0.2) is 109 Å². The third-order valence-corrected chi connectivity index (χ3v) is 14.9. The minimum absolute atomic E-state index is 0.0328. The van der Waals surface area contributed by atoms with Gasteiger partial charge >= 0.3 is 0 Å². The summed E-state index contributed by atoms with van der Waals surface area (Å²) in [6, 6.07) is 42.8. The molecule has 10 rings (SSSR count). The molecule has 1 aromatic heterocycles. The van der Waals surface area contributed by atoms with Crippen LogP contribution in [-0.4, -0.2) is 6.71 Å². The molecule has 0 unspecified atom stereocenters. The number of hydrogen-bond acceptors (Lipinski definition) is 3. The van der Waals surface area contributed by atoms with E-state index in [1.54, 1.807) is 0 Å². The summed E-state index contributed by atoms with van der Waals surface area (Å²) in [5.74, 6) is 0. The van der Waals surface area contributed by atoms with Gasteiger partial charge in [0.25, 0.3) is 6.71 Å². The molecule has 1 aliphatic carbocycles. The first-order valence-corrected chi connectivity index (χ1v) is 21.8. The maximum absolute atomic E-state index is 2.67. The number of nitrogens with zero attached hydrogens (tertiary/aromatic N) is 2. The van der Waals surface area contributed by atoms with Gasteiger partial charge in [0.1, 0.15) is 0 Å². The van der Waals surface area contributed by atoms with Gasteiger partial charge in [0.2, 0.25) is 0 Å². The smallest absolute Gasteiger partial charge is 0.264 e. The Bertz CT molecular complexity index is 2790. The van der Waals surface area contributed by atoms with Crippen LogP contribution in [0.4, 0.5) is 34.1 Å². The molecule has 7 aromatic rings. The molecule has 3 heterocycles. The number of anilines is 6. The fraction of sp³-hybridized carbons (Fsp3) is 0.321. The highest BCUT2D eigenvalue weighted by Gasteiger charge is 2.48. The van der Waals surface area contributed by atoms with Crippen molar-refractivity contribution in [1.82, 2.24) is 0 Å². The first-order chi connectivity index (χ1) is 26.9.